The average molecular weight is 783 g/mol. The lowest BCUT2D eigenvalue weighted by atomic mass is 9.93. The summed E-state index contributed by atoms with van der Waals surface area (Å²) in [6.07, 6.45) is -0.410. The molecular formula is C55H34N4O2. The number of fused-ring (bicyclic) bond motifs is 10. The Morgan fingerprint density at radius 2 is 1.11 bits per heavy atom. The van der Waals surface area contributed by atoms with Crippen molar-refractivity contribution in [1.29, 1.82) is 0 Å². The van der Waals surface area contributed by atoms with Crippen LogP contribution in [0.1, 0.15) is 22.9 Å². The van der Waals surface area contributed by atoms with E-state index >= 15 is 0 Å². The van der Waals surface area contributed by atoms with E-state index in [9.17, 15) is 0 Å². The van der Waals surface area contributed by atoms with Gasteiger partial charge in [-0.3, -0.25) is 0 Å². The van der Waals surface area contributed by atoms with Crippen LogP contribution in [0.25, 0.3) is 93.3 Å². The van der Waals surface area contributed by atoms with Crippen LogP contribution in [-0.2, 0) is 0 Å². The molecule has 6 heteroatoms. The second-order valence-corrected chi connectivity index (χ2v) is 15.7. The molecule has 12 aromatic rings. The van der Waals surface area contributed by atoms with Crippen LogP contribution in [0.4, 0.5) is 0 Å². The monoisotopic (exact) mass is 782 g/mol. The van der Waals surface area contributed by atoms with Gasteiger partial charge >= 0.3 is 0 Å². The van der Waals surface area contributed by atoms with Crippen molar-refractivity contribution in [1.82, 2.24) is 9.88 Å². The van der Waals surface area contributed by atoms with E-state index in [1.807, 2.05) is 36.4 Å². The van der Waals surface area contributed by atoms with Crippen LogP contribution in [0, 0.1) is 0 Å². The Morgan fingerprint density at radius 1 is 0.443 bits per heavy atom. The molecule has 286 valence electrons. The number of nitrogens with one attached hydrogen (secondary N) is 1. The number of rotatable bonds is 5. The standard InChI is InChI=1S/C55H34N4O2/c1-2-14-33(15-3-1)53-56-54(58-55(57-53)43-23-12-22-40-38-19-7-10-25-48(38)61-52(40)43)41-29-28-36(32-44(41)39-21-13-27-50-51(39)42-20-8-11-26-49(42)60-50)59-46-24-9-6-18-37(46)45-30-34-16-4-5-17-35(34)31-47(45)59/h1-32,53H,(H,56,57,58). The first-order valence-corrected chi connectivity index (χ1v) is 20.6. The highest BCUT2D eigenvalue weighted by atomic mass is 16.3. The highest BCUT2D eigenvalue weighted by Crippen LogP contribution is 2.42. The molecule has 6 nitrogen and oxygen atoms in total. The van der Waals surface area contributed by atoms with E-state index in [1.54, 1.807) is 0 Å². The summed E-state index contributed by atoms with van der Waals surface area (Å²) in [5.74, 6) is 1.31. The molecule has 0 radical (unpaired) electrons. The molecule has 3 aromatic heterocycles. The third-order valence-corrected chi connectivity index (χ3v) is 12.3. The molecule has 1 N–H and O–H groups in total. The Morgan fingerprint density at radius 3 is 1.98 bits per heavy atom. The summed E-state index contributed by atoms with van der Waals surface area (Å²) in [7, 11) is 0. The van der Waals surface area contributed by atoms with Gasteiger partial charge < -0.3 is 18.7 Å². The molecule has 9 aromatic carbocycles. The van der Waals surface area contributed by atoms with Gasteiger partial charge in [-0.15, -0.1) is 0 Å². The van der Waals surface area contributed by atoms with Crippen LogP contribution in [0.2, 0.25) is 0 Å². The zero-order valence-electron chi connectivity index (χ0n) is 32.7. The predicted octanol–water partition coefficient (Wildman–Crippen LogP) is 13.9. The predicted molar refractivity (Wildman–Crippen MR) is 250 cm³/mol. The van der Waals surface area contributed by atoms with Crippen molar-refractivity contribution in [2.75, 3.05) is 0 Å². The second kappa shape index (κ2) is 13.1. The van der Waals surface area contributed by atoms with E-state index in [2.05, 4.69) is 168 Å². The summed E-state index contributed by atoms with van der Waals surface area (Å²) >= 11 is 0. The molecule has 0 bridgehead atoms. The van der Waals surface area contributed by atoms with E-state index in [-0.39, 0.29) is 0 Å². The SMILES string of the molecule is c1ccc(C2N=C(c3ccc(-n4c5ccccc5c5cc6ccccc6cc54)cc3-c3cccc4oc5ccccc5c34)N=C(c3cccc4c3oc3ccccc34)N2)cc1. The van der Waals surface area contributed by atoms with E-state index in [0.29, 0.717) is 11.7 Å². The molecule has 13 rings (SSSR count). The fourth-order valence-electron chi connectivity index (χ4n) is 9.47. The topological polar surface area (TPSA) is 68.0 Å². The summed E-state index contributed by atoms with van der Waals surface area (Å²) in [6.45, 7) is 0. The Bertz CT molecular complexity index is 3810. The summed E-state index contributed by atoms with van der Waals surface area (Å²) in [5.41, 5.74) is 11.5. The van der Waals surface area contributed by atoms with Crippen molar-refractivity contribution in [3.63, 3.8) is 0 Å². The van der Waals surface area contributed by atoms with Gasteiger partial charge in [0.2, 0.25) is 0 Å². The Labute approximate surface area is 349 Å². The number of hydrogen-bond acceptors (Lipinski definition) is 5. The van der Waals surface area contributed by atoms with Crippen molar-refractivity contribution in [3.05, 3.63) is 211 Å². The minimum atomic E-state index is -0.410. The van der Waals surface area contributed by atoms with Crippen LogP contribution in [0.5, 0.6) is 0 Å². The quantitative estimate of drug-likeness (QED) is 0.189. The summed E-state index contributed by atoms with van der Waals surface area (Å²) in [5, 5.41) is 12.8. The van der Waals surface area contributed by atoms with Gasteiger partial charge in [0.15, 0.2) is 5.84 Å². The van der Waals surface area contributed by atoms with Gasteiger partial charge in [0.25, 0.3) is 0 Å². The number of amidine groups is 2. The number of benzene rings is 9. The number of aliphatic imine (C=N–C) groups is 2. The molecule has 0 saturated heterocycles. The van der Waals surface area contributed by atoms with Crippen molar-refractivity contribution in [3.8, 4) is 16.8 Å². The molecule has 0 spiro atoms. The molecule has 1 aliphatic rings. The van der Waals surface area contributed by atoms with Crippen LogP contribution >= 0.6 is 0 Å². The lowest BCUT2D eigenvalue weighted by molar-refractivity contribution is 0.659. The number of furan rings is 2. The molecule has 0 saturated carbocycles. The molecule has 1 atom stereocenters. The fraction of sp³-hybridized carbons (Fsp3) is 0.0182. The first-order chi connectivity index (χ1) is 30.2. The van der Waals surface area contributed by atoms with Gasteiger partial charge in [0.05, 0.1) is 16.6 Å². The van der Waals surface area contributed by atoms with Crippen LogP contribution in [0.15, 0.2) is 213 Å². The highest BCUT2D eigenvalue weighted by molar-refractivity contribution is 6.22. The molecule has 61 heavy (non-hydrogen) atoms. The number of para-hydroxylation sites is 4. The Hall–Kier alpha value is -8.22. The maximum Gasteiger partial charge on any atom is 0.160 e. The van der Waals surface area contributed by atoms with Crippen LogP contribution in [-0.4, -0.2) is 16.2 Å². The lowest BCUT2D eigenvalue weighted by Crippen LogP contribution is -2.33. The number of hydrogen-bond donors (Lipinski definition) is 1. The molecule has 0 fully saturated rings. The molecule has 0 amide bonds. The second-order valence-electron chi connectivity index (χ2n) is 15.7. The molecule has 0 aliphatic carbocycles. The molecule has 4 heterocycles. The minimum absolute atomic E-state index is 0.410. The zero-order valence-corrected chi connectivity index (χ0v) is 32.7. The Kier molecular flexibility index (Phi) is 7.27. The average Bonchev–Trinajstić information content (AvgIpc) is 4.00. The van der Waals surface area contributed by atoms with E-state index in [0.717, 1.165) is 88.4 Å². The first-order valence-electron chi connectivity index (χ1n) is 20.6. The third-order valence-electron chi connectivity index (χ3n) is 12.3. The van der Waals surface area contributed by atoms with Crippen molar-refractivity contribution < 1.29 is 8.83 Å². The van der Waals surface area contributed by atoms with Gasteiger partial charge in [0.1, 0.15) is 34.3 Å². The highest BCUT2D eigenvalue weighted by Gasteiger charge is 2.27. The minimum Gasteiger partial charge on any atom is -0.456 e. The normalized spacial score (nSPS) is 14.4. The van der Waals surface area contributed by atoms with Crippen LogP contribution in [0.3, 0.4) is 0 Å². The van der Waals surface area contributed by atoms with Crippen molar-refractivity contribution in [2.24, 2.45) is 9.98 Å². The van der Waals surface area contributed by atoms with Crippen LogP contribution < -0.4 is 5.32 Å². The fourth-order valence-corrected chi connectivity index (χ4v) is 9.47. The van der Waals surface area contributed by atoms with E-state index in [1.165, 1.54) is 21.5 Å². The maximum absolute atomic E-state index is 6.57. The van der Waals surface area contributed by atoms with E-state index in [4.69, 9.17) is 18.8 Å². The molecule has 1 aliphatic heterocycles. The molecular weight excluding hydrogens is 749 g/mol. The van der Waals surface area contributed by atoms with Gasteiger partial charge in [-0.1, -0.05) is 133 Å². The Balaban J connectivity index is 1.10. The maximum atomic E-state index is 6.57. The number of nitrogens with zero attached hydrogens (tertiary/aromatic N) is 3. The van der Waals surface area contributed by atoms with Crippen molar-refractivity contribution >= 4 is 88.1 Å². The van der Waals surface area contributed by atoms with Gasteiger partial charge in [-0.2, -0.15) is 0 Å². The summed E-state index contributed by atoms with van der Waals surface area (Å²) in [6, 6.07) is 68.1. The summed E-state index contributed by atoms with van der Waals surface area (Å²) in [4.78, 5) is 10.8. The van der Waals surface area contributed by atoms with Gasteiger partial charge in [0, 0.05) is 43.6 Å². The number of aromatic nitrogens is 1. The van der Waals surface area contributed by atoms with E-state index < -0.39 is 6.17 Å². The lowest BCUT2D eigenvalue weighted by Gasteiger charge is -2.25. The smallest absolute Gasteiger partial charge is 0.160 e. The zero-order chi connectivity index (χ0) is 40.0. The van der Waals surface area contributed by atoms with Crippen molar-refractivity contribution in [2.45, 2.75) is 6.17 Å². The molecule has 1 unspecified atom stereocenters. The largest absolute Gasteiger partial charge is 0.456 e. The first kappa shape index (κ1) is 33.7. The van der Waals surface area contributed by atoms with Gasteiger partial charge in [-0.05, 0) is 88.1 Å². The summed E-state index contributed by atoms with van der Waals surface area (Å²) < 4.78 is 15.5. The van der Waals surface area contributed by atoms with Gasteiger partial charge in [-0.25, -0.2) is 9.98 Å². The third kappa shape index (κ3) is 5.22.